The highest BCUT2D eigenvalue weighted by Gasteiger charge is 2.07. The topological polar surface area (TPSA) is 71.8 Å². The van der Waals surface area contributed by atoms with Gasteiger partial charge in [-0.1, -0.05) is 6.07 Å². The molecule has 0 bridgehead atoms. The Balaban J connectivity index is 1.65. The van der Waals surface area contributed by atoms with E-state index in [0.717, 1.165) is 12.0 Å². The van der Waals surface area contributed by atoms with Gasteiger partial charge in [0.15, 0.2) is 0 Å². The van der Waals surface area contributed by atoms with Crippen molar-refractivity contribution in [2.75, 3.05) is 6.54 Å². The molecule has 6 nitrogen and oxygen atoms in total. The zero-order chi connectivity index (χ0) is 14.2. The third-order valence-electron chi connectivity index (χ3n) is 2.82. The summed E-state index contributed by atoms with van der Waals surface area (Å²) in [5, 5.41) is 9.82. The lowest BCUT2D eigenvalue weighted by molar-refractivity contribution is 0.236. The first-order chi connectivity index (χ1) is 9.74. The van der Waals surface area contributed by atoms with Gasteiger partial charge in [0.05, 0.1) is 6.54 Å². The molecular formula is C14H19N5O. The second-order valence-electron chi connectivity index (χ2n) is 4.64. The molecule has 2 aromatic rings. The molecule has 106 valence electrons. The molecule has 20 heavy (non-hydrogen) atoms. The summed E-state index contributed by atoms with van der Waals surface area (Å²) in [5.74, 6) is 0. The number of pyridine rings is 1. The summed E-state index contributed by atoms with van der Waals surface area (Å²) in [6.07, 6.45) is 7.91. The van der Waals surface area contributed by atoms with E-state index in [1.807, 2.05) is 31.3 Å². The van der Waals surface area contributed by atoms with Crippen LogP contribution in [0.3, 0.4) is 0 Å². The van der Waals surface area contributed by atoms with Gasteiger partial charge in [0.25, 0.3) is 0 Å². The van der Waals surface area contributed by atoms with Crippen molar-refractivity contribution in [1.82, 2.24) is 25.4 Å². The lowest BCUT2D eigenvalue weighted by atomic mass is 10.2. The van der Waals surface area contributed by atoms with Gasteiger partial charge in [0.1, 0.15) is 0 Å². The second-order valence-corrected chi connectivity index (χ2v) is 4.64. The van der Waals surface area contributed by atoms with E-state index in [2.05, 4.69) is 20.7 Å². The van der Waals surface area contributed by atoms with Gasteiger partial charge < -0.3 is 10.6 Å². The molecule has 0 aliphatic heterocycles. The van der Waals surface area contributed by atoms with Crippen LogP contribution in [0.2, 0.25) is 0 Å². The summed E-state index contributed by atoms with van der Waals surface area (Å²) < 4.78 is 1.79. The Hall–Kier alpha value is -2.37. The van der Waals surface area contributed by atoms with Crippen molar-refractivity contribution in [3.63, 3.8) is 0 Å². The number of nitrogens with one attached hydrogen (secondary N) is 2. The molecule has 0 aliphatic rings. The van der Waals surface area contributed by atoms with Gasteiger partial charge in [-0.05, 0) is 31.0 Å². The first-order valence-electron chi connectivity index (χ1n) is 6.65. The van der Waals surface area contributed by atoms with E-state index >= 15 is 0 Å². The molecule has 2 rings (SSSR count). The Morgan fingerprint density at radius 2 is 2.30 bits per heavy atom. The molecule has 0 saturated heterocycles. The zero-order valence-corrected chi connectivity index (χ0v) is 11.5. The summed E-state index contributed by atoms with van der Waals surface area (Å²) in [7, 11) is 0. The monoisotopic (exact) mass is 273 g/mol. The number of urea groups is 1. The molecule has 0 saturated carbocycles. The maximum atomic E-state index is 11.7. The van der Waals surface area contributed by atoms with Crippen molar-refractivity contribution in [1.29, 1.82) is 0 Å². The minimum atomic E-state index is -0.159. The van der Waals surface area contributed by atoms with Crippen LogP contribution >= 0.6 is 0 Å². The predicted molar refractivity (Wildman–Crippen MR) is 76.2 cm³/mol. The van der Waals surface area contributed by atoms with Crippen LogP contribution in [0.4, 0.5) is 4.79 Å². The van der Waals surface area contributed by atoms with E-state index in [0.29, 0.717) is 13.1 Å². The van der Waals surface area contributed by atoms with Crippen molar-refractivity contribution in [2.24, 2.45) is 0 Å². The Bertz CT molecular complexity index is 512. The van der Waals surface area contributed by atoms with Gasteiger partial charge >= 0.3 is 6.03 Å². The van der Waals surface area contributed by atoms with E-state index in [-0.39, 0.29) is 12.1 Å². The summed E-state index contributed by atoms with van der Waals surface area (Å²) in [4.78, 5) is 15.7. The minimum absolute atomic E-state index is 0.0216. The lowest BCUT2D eigenvalue weighted by Crippen LogP contribution is -2.43. The van der Waals surface area contributed by atoms with Crippen molar-refractivity contribution < 1.29 is 4.79 Å². The number of nitrogens with zero attached hydrogens (tertiary/aromatic N) is 3. The highest BCUT2D eigenvalue weighted by molar-refractivity contribution is 5.74. The van der Waals surface area contributed by atoms with Crippen LogP contribution in [0.5, 0.6) is 0 Å². The molecule has 2 N–H and O–H groups in total. The first kappa shape index (κ1) is 14.0. The minimum Gasteiger partial charge on any atom is -0.338 e. The van der Waals surface area contributed by atoms with E-state index in [9.17, 15) is 4.79 Å². The summed E-state index contributed by atoms with van der Waals surface area (Å²) in [6.45, 7) is 3.19. The van der Waals surface area contributed by atoms with Crippen LogP contribution < -0.4 is 10.6 Å². The summed E-state index contributed by atoms with van der Waals surface area (Å²) in [5.41, 5.74) is 1.11. The predicted octanol–water partition coefficient (Wildman–Crippen LogP) is 1.21. The maximum absolute atomic E-state index is 11.7. The van der Waals surface area contributed by atoms with Crippen molar-refractivity contribution >= 4 is 6.03 Å². The fraction of sp³-hybridized carbons (Fsp3) is 0.357. The van der Waals surface area contributed by atoms with Crippen LogP contribution in [0, 0.1) is 0 Å². The number of hydrogen-bond acceptors (Lipinski definition) is 3. The van der Waals surface area contributed by atoms with Gasteiger partial charge in [-0.3, -0.25) is 9.67 Å². The quantitative estimate of drug-likeness (QED) is 0.831. The van der Waals surface area contributed by atoms with E-state index in [1.165, 1.54) is 0 Å². The lowest BCUT2D eigenvalue weighted by Gasteiger charge is -2.14. The van der Waals surface area contributed by atoms with E-state index in [1.54, 1.807) is 23.3 Å². The molecule has 6 heteroatoms. The third-order valence-corrected chi connectivity index (χ3v) is 2.82. The fourth-order valence-corrected chi connectivity index (χ4v) is 1.88. The Kier molecular flexibility index (Phi) is 5.11. The van der Waals surface area contributed by atoms with Crippen LogP contribution in [0.25, 0.3) is 0 Å². The highest BCUT2D eigenvalue weighted by Crippen LogP contribution is 1.95. The molecule has 2 heterocycles. The first-order valence-corrected chi connectivity index (χ1v) is 6.65. The molecular weight excluding hydrogens is 254 g/mol. The number of hydrogen-bond donors (Lipinski definition) is 2. The fourth-order valence-electron chi connectivity index (χ4n) is 1.88. The van der Waals surface area contributed by atoms with Crippen molar-refractivity contribution in [3.8, 4) is 0 Å². The number of rotatable bonds is 6. The largest absolute Gasteiger partial charge is 0.338 e. The summed E-state index contributed by atoms with van der Waals surface area (Å²) >= 11 is 0. The van der Waals surface area contributed by atoms with Gasteiger partial charge in [-0.2, -0.15) is 5.10 Å². The maximum Gasteiger partial charge on any atom is 0.315 e. The van der Waals surface area contributed by atoms with Crippen LogP contribution in [-0.2, 0) is 13.0 Å². The Labute approximate surface area is 118 Å². The number of carbonyl (C=O) groups is 1. The standard InChI is InChI=1S/C14H19N5O/c1-12(11-19-9-3-7-17-19)18-14(20)16-8-5-13-4-2-6-15-10-13/h2-4,6-7,9-10,12H,5,8,11H2,1H3,(H2,16,18,20)/t12-/m1/s1. The average Bonchev–Trinajstić information content (AvgIpc) is 2.92. The summed E-state index contributed by atoms with van der Waals surface area (Å²) in [6, 6.07) is 5.61. The molecule has 0 unspecified atom stereocenters. The smallest absolute Gasteiger partial charge is 0.315 e. The average molecular weight is 273 g/mol. The third kappa shape index (κ3) is 4.72. The van der Waals surface area contributed by atoms with Crippen LogP contribution in [-0.4, -0.2) is 33.4 Å². The SMILES string of the molecule is C[C@H](Cn1cccn1)NC(=O)NCCc1cccnc1. The van der Waals surface area contributed by atoms with Gasteiger partial charge in [-0.25, -0.2) is 4.79 Å². The normalized spacial score (nSPS) is 11.8. The number of carbonyl (C=O) groups excluding carboxylic acids is 1. The number of aromatic nitrogens is 3. The molecule has 0 spiro atoms. The van der Waals surface area contributed by atoms with Crippen molar-refractivity contribution in [2.45, 2.75) is 25.9 Å². The zero-order valence-electron chi connectivity index (χ0n) is 11.5. The van der Waals surface area contributed by atoms with Crippen LogP contribution in [0.15, 0.2) is 43.0 Å². The molecule has 2 amide bonds. The van der Waals surface area contributed by atoms with E-state index in [4.69, 9.17) is 0 Å². The molecule has 0 aromatic carbocycles. The van der Waals surface area contributed by atoms with Crippen molar-refractivity contribution in [3.05, 3.63) is 48.5 Å². The Morgan fingerprint density at radius 3 is 3.00 bits per heavy atom. The molecule has 0 fully saturated rings. The molecule has 0 aliphatic carbocycles. The van der Waals surface area contributed by atoms with Crippen LogP contribution in [0.1, 0.15) is 12.5 Å². The van der Waals surface area contributed by atoms with Gasteiger partial charge in [0.2, 0.25) is 0 Å². The molecule has 0 radical (unpaired) electrons. The van der Waals surface area contributed by atoms with E-state index < -0.39 is 0 Å². The van der Waals surface area contributed by atoms with Gasteiger partial charge in [-0.15, -0.1) is 0 Å². The molecule has 2 aromatic heterocycles. The second kappa shape index (κ2) is 7.28. The number of amides is 2. The Morgan fingerprint density at radius 1 is 1.40 bits per heavy atom. The van der Waals surface area contributed by atoms with Gasteiger partial charge in [0, 0.05) is 37.4 Å². The highest BCUT2D eigenvalue weighted by atomic mass is 16.2. The molecule has 1 atom stereocenters.